The van der Waals surface area contributed by atoms with Gasteiger partial charge < -0.3 is 0 Å². The molecular formula is C20H24NO2Rf. The van der Waals surface area contributed by atoms with Gasteiger partial charge in [-0.1, -0.05) is 30.3 Å². The van der Waals surface area contributed by atoms with E-state index in [1.807, 2.05) is 6.07 Å². The van der Waals surface area contributed by atoms with Crippen molar-refractivity contribution in [1.82, 2.24) is 5.73 Å². The molecule has 0 saturated heterocycles. The van der Waals surface area contributed by atoms with E-state index in [0.29, 0.717) is 0 Å². The predicted molar refractivity (Wildman–Crippen MR) is 93.0 cm³/mol. The Hall–Kier alpha value is -3.13. The SMILES string of the molecule is CC(=O)OC(CCC[NH][Rf])CCc1ccc(-c2ccccc2)cc1. The van der Waals surface area contributed by atoms with Crippen LogP contribution in [-0.4, -0.2) is 18.6 Å². The van der Waals surface area contributed by atoms with Crippen molar-refractivity contribution in [2.24, 2.45) is 0 Å². The molecule has 0 saturated carbocycles. The van der Waals surface area contributed by atoms with Gasteiger partial charge in [0, 0.05) is 0 Å². The number of hydrogen-bond acceptors (Lipinski definition) is 3. The molecule has 2 aromatic carbocycles. The first-order valence-electron chi connectivity index (χ1n) is 8.50. The van der Waals surface area contributed by atoms with Gasteiger partial charge in [0.25, 0.3) is 0 Å². The van der Waals surface area contributed by atoms with Crippen LogP contribution >= 0.6 is 0 Å². The van der Waals surface area contributed by atoms with Crippen LogP contribution in [0.15, 0.2) is 54.6 Å². The van der Waals surface area contributed by atoms with Gasteiger partial charge in [0.05, 0.1) is 0 Å². The number of carbonyl (C=O) groups excluding carboxylic acids is 1. The standard InChI is InChI=1S/C20H24NO2.Rf/c1-16(22)23-20(8-5-15-21)14-11-17-9-12-19(13-10-17)18-6-3-2-4-7-18;/h2-4,6-7,9-10,12-13,20-21H,5,8,11,14-15H2,1H3;/q-1;+1. The molecule has 1 unspecified atom stereocenters. The van der Waals surface area contributed by atoms with Crippen molar-refractivity contribution in [2.75, 3.05) is 6.54 Å². The van der Waals surface area contributed by atoms with Gasteiger partial charge in [-0.25, -0.2) is 0 Å². The zero-order valence-electron chi connectivity index (χ0n) is 14.3. The fourth-order valence-electron chi connectivity index (χ4n) is 2.77. The summed E-state index contributed by atoms with van der Waals surface area (Å²) in [5.74, 6) is -0.178. The first-order valence-corrected chi connectivity index (χ1v) is 11.7. The van der Waals surface area contributed by atoms with E-state index >= 15 is 0 Å². The van der Waals surface area contributed by atoms with Crippen LogP contribution in [0.3, 0.4) is 0 Å². The van der Waals surface area contributed by atoms with Crippen LogP contribution in [0.2, 0.25) is 0 Å². The number of hydrogen-bond donors (Lipinski definition) is 1. The molecule has 2 rings (SSSR count). The monoisotopic (exact) mass is 577 g/mol. The molecule has 0 fully saturated rings. The Morgan fingerprint density at radius 1 is 1.04 bits per heavy atom. The van der Waals surface area contributed by atoms with Gasteiger partial charge in [-0.3, -0.25) is 0 Å². The molecule has 0 amide bonds. The van der Waals surface area contributed by atoms with Crippen LogP contribution in [0.25, 0.3) is 11.1 Å². The fraction of sp³-hybridized carbons (Fsp3) is 0.350. The second kappa shape index (κ2) is 9.11. The normalized spacial score (nSPS) is 12.0. The molecule has 2 aromatic rings. The van der Waals surface area contributed by atoms with Crippen molar-refractivity contribution >= 4 is 5.97 Å². The van der Waals surface area contributed by atoms with E-state index in [9.17, 15) is 4.79 Å². The van der Waals surface area contributed by atoms with Crippen molar-refractivity contribution in [1.29, 1.82) is 0 Å². The average Bonchev–Trinajstić information content (AvgIpc) is 2.60. The number of aryl methyl sites for hydroxylation is 1. The van der Waals surface area contributed by atoms with E-state index < -0.39 is 0 Å². The van der Waals surface area contributed by atoms with Gasteiger partial charge >= 0.3 is 107 Å². The second-order valence-corrected chi connectivity index (χ2v) is 8.24. The molecule has 0 aliphatic carbocycles. The van der Waals surface area contributed by atoms with Crippen LogP contribution in [-0.2, 0) is 16.0 Å². The minimum absolute atomic E-state index is 0.0275. The van der Waals surface area contributed by atoms with Crippen molar-refractivity contribution < 1.29 is 9.53 Å². The molecule has 24 heavy (non-hydrogen) atoms. The average molecular weight is 577 g/mol. The number of benzene rings is 2. The molecule has 3 nitrogen and oxygen atoms in total. The summed E-state index contributed by atoms with van der Waals surface area (Å²) in [6.45, 7) is 2.54. The number of rotatable bonds is 9. The Balaban J connectivity index is 1.90. The van der Waals surface area contributed by atoms with Gasteiger partial charge in [-0.2, -0.15) is 0 Å². The molecule has 0 spiro atoms. The Kier molecular flexibility index (Phi) is 6.54. The first kappa shape index (κ1) is 17.2. The number of esters is 1. The van der Waals surface area contributed by atoms with E-state index in [-0.39, 0.29) is 12.1 Å². The van der Waals surface area contributed by atoms with Crippen molar-refractivity contribution in [3.63, 3.8) is 0 Å². The molecule has 123 valence electrons. The summed E-state index contributed by atoms with van der Waals surface area (Å²) in [6, 6.07) is 19.1. The summed E-state index contributed by atoms with van der Waals surface area (Å²) in [4.78, 5) is 11.3. The number of ether oxygens (including phenoxy) is 1. The van der Waals surface area contributed by atoms with Crippen LogP contribution in [0.4, 0.5) is 0 Å². The van der Waals surface area contributed by atoms with Crippen LogP contribution in [0, 0.1) is 0 Å². The van der Waals surface area contributed by atoms with Gasteiger partial charge in [-0.15, -0.1) is 0 Å². The maximum atomic E-state index is 11.3. The molecular weight excluding hydrogens is 553 g/mol. The predicted octanol–water partition coefficient (Wildman–Crippen LogP) is 4.05. The number of nitrogens with one attached hydrogen (secondary N) is 1. The third-order valence-corrected chi connectivity index (χ3v) is 5.63. The van der Waals surface area contributed by atoms with E-state index in [4.69, 9.17) is 4.74 Å². The molecule has 1 atom stereocenters. The maximum absolute atomic E-state index is 11.3. The summed E-state index contributed by atoms with van der Waals surface area (Å²) in [6.07, 6.45) is 3.86. The Morgan fingerprint density at radius 2 is 1.71 bits per heavy atom. The molecule has 0 heterocycles. The van der Waals surface area contributed by atoms with E-state index in [1.165, 1.54) is 23.6 Å². The topological polar surface area (TPSA) is 38.3 Å². The summed E-state index contributed by atoms with van der Waals surface area (Å²) >= 11 is 0. The third-order valence-electron chi connectivity index (χ3n) is 4.03. The molecule has 0 aromatic heterocycles. The Labute approximate surface area is 138 Å². The summed E-state index contributed by atoms with van der Waals surface area (Å²) in [5, 5.41) is 0. The quantitative estimate of drug-likeness (QED) is 0.361. The van der Waals surface area contributed by atoms with Crippen molar-refractivity contribution in [2.45, 2.75) is 38.7 Å². The van der Waals surface area contributed by atoms with Crippen LogP contribution < -0.4 is 5.73 Å². The molecule has 4 heteroatoms. The molecule has 0 aliphatic heterocycles. The fourth-order valence-corrected chi connectivity index (χ4v) is 3.90. The Morgan fingerprint density at radius 3 is 2.33 bits per heavy atom. The van der Waals surface area contributed by atoms with Gasteiger partial charge in [0.1, 0.15) is 0 Å². The minimum atomic E-state index is -0.178. The summed E-state index contributed by atoms with van der Waals surface area (Å²) in [5.41, 5.74) is 7.10. The molecule has 0 radical (unpaired) electrons. The van der Waals surface area contributed by atoms with Gasteiger partial charge in [0.2, 0.25) is 0 Å². The second-order valence-electron chi connectivity index (χ2n) is 5.98. The third kappa shape index (κ3) is 5.58. The molecule has 0 bridgehead atoms. The summed E-state index contributed by atoms with van der Waals surface area (Å²) < 4.78 is 6.00. The first-order chi connectivity index (χ1) is 11.7. The van der Waals surface area contributed by atoms with Crippen molar-refractivity contribution in [3.05, 3.63) is 60.2 Å². The van der Waals surface area contributed by atoms with Crippen molar-refractivity contribution in [3.8, 4) is 11.1 Å². The molecule has 1 N–H and O–H groups in total. The van der Waals surface area contributed by atoms with Crippen LogP contribution in [0.1, 0.15) is 31.7 Å². The van der Waals surface area contributed by atoms with E-state index in [0.717, 1.165) is 32.2 Å². The van der Waals surface area contributed by atoms with Crippen LogP contribution in [0.5, 0.6) is 0 Å². The van der Waals surface area contributed by atoms with E-state index in [1.54, 1.807) is 0 Å². The summed E-state index contributed by atoms with van der Waals surface area (Å²) in [7, 11) is 0. The van der Waals surface area contributed by atoms with Gasteiger partial charge in [-0.05, 0) is 0 Å². The zero-order chi connectivity index (χ0) is 17.2. The van der Waals surface area contributed by atoms with E-state index in [2.05, 4.69) is 54.3 Å². The Bertz CT molecular complexity index is 613. The molecule has 0 aliphatic rings. The zero-order valence-corrected chi connectivity index (χ0v) is 20.7. The number of carbonyl (C=O) groups is 1. The van der Waals surface area contributed by atoms with Gasteiger partial charge in [0.15, 0.2) is 0 Å².